The summed E-state index contributed by atoms with van der Waals surface area (Å²) >= 11 is 5.13. The third-order valence-corrected chi connectivity index (χ3v) is 4.60. The summed E-state index contributed by atoms with van der Waals surface area (Å²) in [6.45, 7) is 6.53. The van der Waals surface area contributed by atoms with E-state index in [-0.39, 0.29) is 5.84 Å². The highest BCUT2D eigenvalue weighted by molar-refractivity contribution is 9.10. The van der Waals surface area contributed by atoms with Gasteiger partial charge < -0.3 is 10.9 Å². The Morgan fingerprint density at radius 3 is 2.59 bits per heavy atom. The highest BCUT2D eigenvalue weighted by atomic mass is 79.9. The minimum atomic E-state index is 0.143. The number of hydrogen-bond donors (Lipinski definition) is 2. The molecule has 0 aromatic heterocycles. The van der Waals surface area contributed by atoms with Gasteiger partial charge in [0.1, 0.15) is 0 Å². The van der Waals surface area contributed by atoms with Gasteiger partial charge in [0.25, 0.3) is 0 Å². The Hall–Kier alpha value is -0.680. The fourth-order valence-electron chi connectivity index (χ4n) is 1.20. The van der Waals surface area contributed by atoms with Crippen molar-refractivity contribution < 1.29 is 5.21 Å². The standard InChI is InChI=1S/C12H17BrN2OS/c1-7(2)8(3)17-11-5-4-9(13)6-10(11)12(14)15-16/h4-8,16H,1-3H3,(H2,14,15). The summed E-state index contributed by atoms with van der Waals surface area (Å²) in [5.41, 5.74) is 6.44. The van der Waals surface area contributed by atoms with Crippen LogP contribution in [-0.4, -0.2) is 16.3 Å². The lowest BCUT2D eigenvalue weighted by atomic mass is 10.2. The first-order valence-corrected chi connectivity index (χ1v) is 7.07. The molecule has 94 valence electrons. The highest BCUT2D eigenvalue weighted by Crippen LogP contribution is 2.32. The van der Waals surface area contributed by atoms with Gasteiger partial charge >= 0.3 is 0 Å². The fourth-order valence-corrected chi connectivity index (χ4v) is 2.67. The van der Waals surface area contributed by atoms with E-state index >= 15 is 0 Å². The second-order valence-corrected chi connectivity index (χ2v) is 6.53. The van der Waals surface area contributed by atoms with Gasteiger partial charge in [-0.3, -0.25) is 0 Å². The lowest BCUT2D eigenvalue weighted by Crippen LogP contribution is -2.15. The molecule has 0 saturated heterocycles. The lowest BCUT2D eigenvalue weighted by Gasteiger charge is -2.17. The van der Waals surface area contributed by atoms with Crippen LogP contribution in [0.1, 0.15) is 26.3 Å². The quantitative estimate of drug-likeness (QED) is 0.293. The molecule has 17 heavy (non-hydrogen) atoms. The number of benzene rings is 1. The van der Waals surface area contributed by atoms with Crippen molar-refractivity contribution in [3.63, 3.8) is 0 Å². The topological polar surface area (TPSA) is 58.6 Å². The van der Waals surface area contributed by atoms with E-state index in [0.29, 0.717) is 11.2 Å². The van der Waals surface area contributed by atoms with Crippen molar-refractivity contribution in [2.24, 2.45) is 16.8 Å². The molecule has 1 atom stereocenters. The van der Waals surface area contributed by atoms with Crippen LogP contribution in [0.15, 0.2) is 32.7 Å². The second kappa shape index (κ2) is 6.31. The van der Waals surface area contributed by atoms with E-state index in [4.69, 9.17) is 10.9 Å². The Morgan fingerprint density at radius 1 is 1.41 bits per heavy atom. The number of hydrogen-bond acceptors (Lipinski definition) is 3. The van der Waals surface area contributed by atoms with Crippen LogP contribution in [0.5, 0.6) is 0 Å². The highest BCUT2D eigenvalue weighted by Gasteiger charge is 2.14. The normalized spacial score (nSPS) is 14.1. The zero-order chi connectivity index (χ0) is 13.0. The number of amidine groups is 1. The first kappa shape index (κ1) is 14.4. The smallest absolute Gasteiger partial charge is 0.171 e. The van der Waals surface area contributed by atoms with Crippen molar-refractivity contribution in [1.29, 1.82) is 0 Å². The molecular weight excluding hydrogens is 300 g/mol. The third kappa shape index (κ3) is 3.92. The molecule has 0 heterocycles. The molecule has 1 aromatic carbocycles. The van der Waals surface area contributed by atoms with Crippen LogP contribution in [0, 0.1) is 5.92 Å². The zero-order valence-corrected chi connectivity index (χ0v) is 12.5. The number of thioether (sulfide) groups is 1. The van der Waals surface area contributed by atoms with E-state index in [0.717, 1.165) is 14.9 Å². The van der Waals surface area contributed by atoms with Crippen molar-refractivity contribution in [2.75, 3.05) is 0 Å². The summed E-state index contributed by atoms with van der Waals surface area (Å²) in [7, 11) is 0. The molecule has 5 heteroatoms. The average molecular weight is 317 g/mol. The van der Waals surface area contributed by atoms with Gasteiger partial charge in [-0.15, -0.1) is 11.8 Å². The average Bonchev–Trinajstić information content (AvgIpc) is 2.30. The number of rotatable bonds is 4. The Balaban J connectivity index is 3.07. The van der Waals surface area contributed by atoms with E-state index in [1.54, 1.807) is 11.8 Å². The second-order valence-electron chi connectivity index (χ2n) is 4.19. The molecule has 1 rings (SSSR count). The summed E-state index contributed by atoms with van der Waals surface area (Å²) < 4.78 is 0.917. The molecule has 1 aromatic rings. The summed E-state index contributed by atoms with van der Waals surface area (Å²) in [4.78, 5) is 1.03. The Kier molecular flexibility index (Phi) is 5.33. The molecule has 0 saturated carbocycles. The van der Waals surface area contributed by atoms with E-state index in [9.17, 15) is 0 Å². The monoisotopic (exact) mass is 316 g/mol. The predicted molar refractivity (Wildman–Crippen MR) is 76.8 cm³/mol. The molecule has 0 aliphatic rings. The van der Waals surface area contributed by atoms with Crippen LogP contribution in [-0.2, 0) is 0 Å². The van der Waals surface area contributed by atoms with Crippen LogP contribution in [0.2, 0.25) is 0 Å². The van der Waals surface area contributed by atoms with Crippen LogP contribution >= 0.6 is 27.7 Å². The van der Waals surface area contributed by atoms with Crippen molar-refractivity contribution in [1.82, 2.24) is 0 Å². The van der Waals surface area contributed by atoms with Crippen LogP contribution in [0.4, 0.5) is 0 Å². The molecule has 0 bridgehead atoms. The first-order chi connectivity index (χ1) is 7.95. The van der Waals surface area contributed by atoms with Crippen molar-refractivity contribution >= 4 is 33.5 Å². The number of halogens is 1. The molecular formula is C12H17BrN2OS. The van der Waals surface area contributed by atoms with Gasteiger partial charge in [-0.2, -0.15) is 0 Å². The first-order valence-electron chi connectivity index (χ1n) is 5.39. The minimum Gasteiger partial charge on any atom is -0.409 e. The van der Waals surface area contributed by atoms with Crippen molar-refractivity contribution in [2.45, 2.75) is 30.9 Å². The van der Waals surface area contributed by atoms with E-state index in [1.807, 2.05) is 18.2 Å². The molecule has 1 unspecified atom stereocenters. The van der Waals surface area contributed by atoms with Crippen LogP contribution in [0.3, 0.4) is 0 Å². The van der Waals surface area contributed by atoms with Crippen LogP contribution in [0.25, 0.3) is 0 Å². The maximum Gasteiger partial charge on any atom is 0.171 e. The van der Waals surface area contributed by atoms with Crippen molar-refractivity contribution in [3.05, 3.63) is 28.2 Å². The molecule has 0 radical (unpaired) electrons. The Bertz CT molecular complexity index is 421. The molecule has 0 spiro atoms. The minimum absolute atomic E-state index is 0.143. The largest absolute Gasteiger partial charge is 0.409 e. The fraction of sp³-hybridized carbons (Fsp3) is 0.417. The summed E-state index contributed by atoms with van der Waals surface area (Å²) in [6, 6.07) is 5.81. The van der Waals surface area contributed by atoms with Crippen molar-refractivity contribution in [3.8, 4) is 0 Å². The molecule has 3 nitrogen and oxygen atoms in total. The molecule has 0 fully saturated rings. The summed E-state index contributed by atoms with van der Waals surface area (Å²) in [5.74, 6) is 0.716. The van der Waals surface area contributed by atoms with E-state index < -0.39 is 0 Å². The van der Waals surface area contributed by atoms with Gasteiger partial charge in [0.2, 0.25) is 0 Å². The zero-order valence-electron chi connectivity index (χ0n) is 10.1. The predicted octanol–water partition coefficient (Wildman–Crippen LogP) is 3.68. The lowest BCUT2D eigenvalue weighted by molar-refractivity contribution is 0.318. The Labute approximate surface area is 115 Å². The van der Waals surface area contributed by atoms with Gasteiger partial charge in [0.05, 0.1) is 0 Å². The SMILES string of the molecule is CC(C)C(C)Sc1ccc(Br)cc1/C(N)=N/O. The number of nitrogens with two attached hydrogens (primary N) is 1. The number of nitrogens with zero attached hydrogens (tertiary/aromatic N) is 1. The molecule has 0 amide bonds. The number of oxime groups is 1. The summed E-state index contributed by atoms with van der Waals surface area (Å²) in [5, 5.41) is 12.3. The van der Waals surface area contributed by atoms with Gasteiger partial charge in [-0.25, -0.2) is 0 Å². The van der Waals surface area contributed by atoms with Gasteiger partial charge in [-0.1, -0.05) is 41.9 Å². The van der Waals surface area contributed by atoms with Gasteiger partial charge in [0, 0.05) is 20.2 Å². The molecule has 0 aliphatic heterocycles. The Morgan fingerprint density at radius 2 is 2.06 bits per heavy atom. The maximum absolute atomic E-state index is 8.79. The van der Waals surface area contributed by atoms with Gasteiger partial charge in [-0.05, 0) is 24.1 Å². The van der Waals surface area contributed by atoms with Crippen LogP contribution < -0.4 is 5.73 Å². The molecule has 0 aliphatic carbocycles. The molecule has 3 N–H and O–H groups in total. The maximum atomic E-state index is 8.79. The van der Waals surface area contributed by atoms with E-state index in [2.05, 4.69) is 41.9 Å². The third-order valence-electron chi connectivity index (χ3n) is 2.58. The summed E-state index contributed by atoms with van der Waals surface area (Å²) in [6.07, 6.45) is 0. The van der Waals surface area contributed by atoms with Gasteiger partial charge in [0.15, 0.2) is 5.84 Å². The van der Waals surface area contributed by atoms with E-state index in [1.165, 1.54) is 0 Å².